The second kappa shape index (κ2) is 3.80. The normalized spacial score (nSPS) is 13.3. The first-order valence-electron chi connectivity index (χ1n) is 4.87. The molecular formula is C11H14N2O. The van der Waals surface area contributed by atoms with Crippen molar-refractivity contribution in [3.63, 3.8) is 0 Å². The molecule has 0 saturated carbocycles. The van der Waals surface area contributed by atoms with Gasteiger partial charge >= 0.3 is 0 Å². The molecule has 0 saturated heterocycles. The summed E-state index contributed by atoms with van der Waals surface area (Å²) in [5, 5.41) is 8.83. The molecule has 1 unspecified atom stereocenters. The first kappa shape index (κ1) is 9.21. The number of aliphatic hydroxyl groups is 1. The van der Waals surface area contributed by atoms with E-state index in [1.165, 1.54) is 0 Å². The van der Waals surface area contributed by atoms with Gasteiger partial charge in [0.2, 0.25) is 0 Å². The number of hydrogen-bond donors (Lipinski definition) is 2. The van der Waals surface area contributed by atoms with Crippen LogP contribution in [0.3, 0.4) is 0 Å². The summed E-state index contributed by atoms with van der Waals surface area (Å²) in [7, 11) is 0. The summed E-state index contributed by atoms with van der Waals surface area (Å²) >= 11 is 0. The van der Waals surface area contributed by atoms with Crippen molar-refractivity contribution in [2.45, 2.75) is 19.3 Å². The Labute approximate surface area is 82.8 Å². The zero-order chi connectivity index (χ0) is 9.97. The standard InChI is InChI=1S/C11H14N2O/c1-8(6-7-14)11-12-9-4-2-3-5-10(9)13-11/h2-5,8,14H,6-7H2,1H3,(H,12,13). The van der Waals surface area contributed by atoms with E-state index >= 15 is 0 Å². The van der Waals surface area contributed by atoms with Crippen molar-refractivity contribution in [1.82, 2.24) is 9.97 Å². The molecule has 3 heteroatoms. The monoisotopic (exact) mass is 190 g/mol. The molecule has 74 valence electrons. The lowest BCUT2D eigenvalue weighted by atomic mass is 10.1. The number of nitrogens with one attached hydrogen (secondary N) is 1. The molecule has 0 aliphatic carbocycles. The quantitative estimate of drug-likeness (QED) is 0.778. The van der Waals surface area contributed by atoms with Gasteiger partial charge in [0.25, 0.3) is 0 Å². The molecule has 1 aromatic heterocycles. The topological polar surface area (TPSA) is 48.9 Å². The van der Waals surface area contributed by atoms with Gasteiger partial charge in [-0.05, 0) is 18.6 Å². The average Bonchev–Trinajstić information content (AvgIpc) is 2.61. The van der Waals surface area contributed by atoms with Gasteiger partial charge in [-0.2, -0.15) is 0 Å². The number of aromatic amines is 1. The minimum Gasteiger partial charge on any atom is -0.396 e. The molecule has 2 N–H and O–H groups in total. The van der Waals surface area contributed by atoms with Crippen LogP contribution < -0.4 is 0 Å². The largest absolute Gasteiger partial charge is 0.396 e. The van der Waals surface area contributed by atoms with Crippen LogP contribution in [0.25, 0.3) is 11.0 Å². The number of aromatic nitrogens is 2. The Balaban J connectivity index is 2.35. The number of aliphatic hydroxyl groups excluding tert-OH is 1. The predicted molar refractivity (Wildman–Crippen MR) is 56.2 cm³/mol. The van der Waals surface area contributed by atoms with Gasteiger partial charge in [-0.25, -0.2) is 4.98 Å². The van der Waals surface area contributed by atoms with Gasteiger partial charge in [0.05, 0.1) is 11.0 Å². The molecule has 0 fully saturated rings. The predicted octanol–water partition coefficient (Wildman–Crippen LogP) is 2.05. The maximum Gasteiger partial charge on any atom is 0.110 e. The molecule has 0 aliphatic heterocycles. The number of benzene rings is 1. The second-order valence-corrected chi connectivity index (χ2v) is 3.55. The van der Waals surface area contributed by atoms with Gasteiger partial charge in [-0.3, -0.25) is 0 Å². The third-order valence-electron chi connectivity index (χ3n) is 2.44. The summed E-state index contributed by atoms with van der Waals surface area (Å²) in [6.07, 6.45) is 0.750. The molecule has 0 aliphatic rings. The van der Waals surface area contributed by atoms with Crippen LogP contribution in [0.2, 0.25) is 0 Å². The Hall–Kier alpha value is -1.35. The summed E-state index contributed by atoms with van der Waals surface area (Å²) in [6, 6.07) is 7.96. The fourth-order valence-electron chi connectivity index (χ4n) is 1.54. The van der Waals surface area contributed by atoms with Crippen LogP contribution >= 0.6 is 0 Å². The van der Waals surface area contributed by atoms with Crippen molar-refractivity contribution in [2.75, 3.05) is 6.61 Å². The fourth-order valence-corrected chi connectivity index (χ4v) is 1.54. The molecule has 2 aromatic rings. The van der Waals surface area contributed by atoms with E-state index in [0.29, 0.717) is 0 Å². The molecule has 3 nitrogen and oxygen atoms in total. The number of H-pyrrole nitrogens is 1. The van der Waals surface area contributed by atoms with Crippen molar-refractivity contribution in [3.05, 3.63) is 30.1 Å². The van der Waals surface area contributed by atoms with Crippen LogP contribution in [0.4, 0.5) is 0 Å². The number of para-hydroxylation sites is 2. The first-order chi connectivity index (χ1) is 6.81. The highest BCUT2D eigenvalue weighted by Gasteiger charge is 2.09. The Morgan fingerprint density at radius 1 is 1.43 bits per heavy atom. The molecule has 14 heavy (non-hydrogen) atoms. The lowest BCUT2D eigenvalue weighted by Crippen LogP contribution is -1.98. The molecule has 0 amide bonds. The average molecular weight is 190 g/mol. The molecule has 0 bridgehead atoms. The van der Waals surface area contributed by atoms with Crippen molar-refractivity contribution >= 4 is 11.0 Å². The van der Waals surface area contributed by atoms with Gasteiger partial charge < -0.3 is 10.1 Å². The highest BCUT2D eigenvalue weighted by Crippen LogP contribution is 2.19. The summed E-state index contributed by atoms with van der Waals surface area (Å²) in [5.74, 6) is 1.24. The SMILES string of the molecule is CC(CCO)c1nc2ccccc2[nH]1. The highest BCUT2D eigenvalue weighted by molar-refractivity contribution is 5.74. The fraction of sp³-hybridized carbons (Fsp3) is 0.364. The molecule has 1 aromatic carbocycles. The maximum absolute atomic E-state index is 8.83. The van der Waals surface area contributed by atoms with Crippen molar-refractivity contribution in [1.29, 1.82) is 0 Å². The zero-order valence-corrected chi connectivity index (χ0v) is 8.20. The smallest absolute Gasteiger partial charge is 0.110 e. The summed E-state index contributed by atoms with van der Waals surface area (Å²) in [4.78, 5) is 7.72. The van der Waals surface area contributed by atoms with Crippen molar-refractivity contribution < 1.29 is 5.11 Å². The highest BCUT2D eigenvalue weighted by atomic mass is 16.3. The number of hydrogen-bond acceptors (Lipinski definition) is 2. The van der Waals surface area contributed by atoms with Gasteiger partial charge in [0, 0.05) is 12.5 Å². The van der Waals surface area contributed by atoms with Crippen LogP contribution in [0.5, 0.6) is 0 Å². The molecule has 0 radical (unpaired) electrons. The molecule has 1 heterocycles. The van der Waals surface area contributed by atoms with E-state index in [0.717, 1.165) is 23.3 Å². The van der Waals surface area contributed by atoms with Crippen LogP contribution in [0.1, 0.15) is 25.1 Å². The first-order valence-corrected chi connectivity index (χ1v) is 4.87. The van der Waals surface area contributed by atoms with Gasteiger partial charge in [-0.15, -0.1) is 0 Å². The molecule has 1 atom stereocenters. The van der Waals surface area contributed by atoms with Gasteiger partial charge in [0.1, 0.15) is 5.82 Å². The lowest BCUT2D eigenvalue weighted by Gasteiger charge is -2.04. The number of imidazole rings is 1. The Kier molecular flexibility index (Phi) is 2.50. The Bertz CT molecular complexity index is 389. The zero-order valence-electron chi connectivity index (χ0n) is 8.20. The van der Waals surface area contributed by atoms with Crippen LogP contribution in [-0.2, 0) is 0 Å². The van der Waals surface area contributed by atoms with Gasteiger partial charge in [0.15, 0.2) is 0 Å². The Morgan fingerprint density at radius 2 is 2.21 bits per heavy atom. The third kappa shape index (κ3) is 1.63. The number of nitrogens with zero attached hydrogens (tertiary/aromatic N) is 1. The van der Waals surface area contributed by atoms with E-state index in [1.807, 2.05) is 24.3 Å². The van der Waals surface area contributed by atoms with E-state index in [-0.39, 0.29) is 12.5 Å². The summed E-state index contributed by atoms with van der Waals surface area (Å²) in [6.45, 7) is 2.27. The minimum absolute atomic E-state index is 0.207. The van der Waals surface area contributed by atoms with E-state index in [2.05, 4.69) is 16.9 Å². The molecule has 0 spiro atoms. The number of fused-ring (bicyclic) bond motifs is 1. The van der Waals surface area contributed by atoms with Gasteiger partial charge in [-0.1, -0.05) is 19.1 Å². The van der Waals surface area contributed by atoms with E-state index in [1.54, 1.807) is 0 Å². The van der Waals surface area contributed by atoms with E-state index in [4.69, 9.17) is 5.11 Å². The summed E-state index contributed by atoms with van der Waals surface area (Å²) < 4.78 is 0. The van der Waals surface area contributed by atoms with E-state index in [9.17, 15) is 0 Å². The van der Waals surface area contributed by atoms with Crippen LogP contribution in [0.15, 0.2) is 24.3 Å². The lowest BCUT2D eigenvalue weighted by molar-refractivity contribution is 0.277. The maximum atomic E-state index is 8.83. The van der Waals surface area contributed by atoms with Crippen LogP contribution in [0, 0.1) is 0 Å². The summed E-state index contributed by atoms with van der Waals surface area (Å²) in [5.41, 5.74) is 2.06. The molecular weight excluding hydrogens is 176 g/mol. The third-order valence-corrected chi connectivity index (χ3v) is 2.44. The van der Waals surface area contributed by atoms with E-state index < -0.39 is 0 Å². The number of rotatable bonds is 3. The minimum atomic E-state index is 0.207. The Morgan fingerprint density at radius 3 is 2.93 bits per heavy atom. The van der Waals surface area contributed by atoms with Crippen molar-refractivity contribution in [3.8, 4) is 0 Å². The van der Waals surface area contributed by atoms with Crippen molar-refractivity contribution in [2.24, 2.45) is 0 Å². The second-order valence-electron chi connectivity index (χ2n) is 3.55. The van der Waals surface area contributed by atoms with Crippen LogP contribution in [-0.4, -0.2) is 21.7 Å². The molecule has 2 rings (SSSR count).